The van der Waals surface area contributed by atoms with Gasteiger partial charge in [0.05, 0.1) is 7.11 Å². The second-order valence-electron chi connectivity index (χ2n) is 3.83. The van der Waals surface area contributed by atoms with Crippen molar-refractivity contribution >= 4 is 12.0 Å². The summed E-state index contributed by atoms with van der Waals surface area (Å²) in [6.45, 7) is 4.18. The van der Waals surface area contributed by atoms with Crippen LogP contribution in [-0.4, -0.2) is 18.2 Å². The summed E-state index contributed by atoms with van der Waals surface area (Å²) in [7, 11) is 1.62. The predicted molar refractivity (Wildman–Crippen MR) is 63.8 cm³/mol. The Morgan fingerprint density at radius 3 is 2.62 bits per heavy atom. The maximum absolute atomic E-state index is 10.4. The maximum atomic E-state index is 10.4. The van der Waals surface area contributed by atoms with Crippen LogP contribution in [0.25, 0.3) is 6.08 Å². The molecule has 0 saturated heterocycles. The molecule has 1 N–H and O–H groups in total. The van der Waals surface area contributed by atoms with E-state index in [2.05, 4.69) is 13.8 Å². The number of carboxylic acids is 1. The highest BCUT2D eigenvalue weighted by molar-refractivity contribution is 5.85. The highest BCUT2D eigenvalue weighted by Gasteiger charge is 2.06. The Bertz CT molecular complexity index is 406. The van der Waals surface area contributed by atoms with Gasteiger partial charge in [0.2, 0.25) is 0 Å². The van der Waals surface area contributed by atoms with E-state index in [1.54, 1.807) is 13.2 Å². The molecule has 1 rings (SSSR count). The Kier molecular flexibility index (Phi) is 4.11. The van der Waals surface area contributed by atoms with E-state index < -0.39 is 5.97 Å². The number of rotatable bonds is 4. The lowest BCUT2D eigenvalue weighted by atomic mass is 10.00. The fourth-order valence-electron chi connectivity index (χ4n) is 1.48. The molecule has 1 aromatic carbocycles. The van der Waals surface area contributed by atoms with Crippen molar-refractivity contribution in [2.45, 2.75) is 19.8 Å². The van der Waals surface area contributed by atoms with Gasteiger partial charge in [-0.25, -0.2) is 4.79 Å². The topological polar surface area (TPSA) is 46.5 Å². The molecule has 0 fully saturated rings. The first-order valence-corrected chi connectivity index (χ1v) is 5.13. The van der Waals surface area contributed by atoms with Crippen molar-refractivity contribution in [3.63, 3.8) is 0 Å². The number of hydrogen-bond acceptors (Lipinski definition) is 2. The molecule has 3 heteroatoms. The van der Waals surface area contributed by atoms with Crippen LogP contribution in [0.5, 0.6) is 5.75 Å². The van der Waals surface area contributed by atoms with Crippen LogP contribution in [0.2, 0.25) is 0 Å². The van der Waals surface area contributed by atoms with Gasteiger partial charge in [0.15, 0.2) is 0 Å². The molecule has 0 radical (unpaired) electrons. The second kappa shape index (κ2) is 5.35. The zero-order chi connectivity index (χ0) is 12.1. The van der Waals surface area contributed by atoms with Gasteiger partial charge in [-0.3, -0.25) is 0 Å². The quantitative estimate of drug-likeness (QED) is 0.793. The lowest BCUT2D eigenvalue weighted by Crippen LogP contribution is -1.94. The molecule has 0 amide bonds. The maximum Gasteiger partial charge on any atom is 0.328 e. The molecule has 0 aromatic heterocycles. The van der Waals surface area contributed by atoms with Crippen LogP contribution in [0.15, 0.2) is 24.3 Å². The van der Waals surface area contributed by atoms with E-state index >= 15 is 0 Å². The molecule has 3 nitrogen and oxygen atoms in total. The van der Waals surface area contributed by atoms with Crippen molar-refractivity contribution in [3.8, 4) is 5.75 Å². The normalized spacial score (nSPS) is 11.0. The fourth-order valence-corrected chi connectivity index (χ4v) is 1.48. The van der Waals surface area contributed by atoms with Crippen LogP contribution >= 0.6 is 0 Å². The SMILES string of the molecule is COc1cc(C=CC(=O)O)ccc1C(C)C. The molecular weight excluding hydrogens is 204 g/mol. The summed E-state index contributed by atoms with van der Waals surface area (Å²) in [5, 5.41) is 8.53. The Morgan fingerprint density at radius 2 is 2.12 bits per heavy atom. The summed E-state index contributed by atoms with van der Waals surface area (Å²) >= 11 is 0. The summed E-state index contributed by atoms with van der Waals surface area (Å²) < 4.78 is 5.27. The second-order valence-corrected chi connectivity index (χ2v) is 3.83. The summed E-state index contributed by atoms with van der Waals surface area (Å²) in [5.74, 6) is 0.224. The average molecular weight is 220 g/mol. The zero-order valence-corrected chi connectivity index (χ0v) is 9.73. The number of aliphatic carboxylic acids is 1. The van der Waals surface area contributed by atoms with Crippen LogP contribution in [-0.2, 0) is 4.79 Å². The van der Waals surface area contributed by atoms with Gasteiger partial charge in [0.1, 0.15) is 5.75 Å². The molecule has 0 aliphatic heterocycles. The van der Waals surface area contributed by atoms with Crippen molar-refractivity contribution < 1.29 is 14.6 Å². The minimum atomic E-state index is -0.952. The van der Waals surface area contributed by atoms with Gasteiger partial charge in [0.25, 0.3) is 0 Å². The summed E-state index contributed by atoms with van der Waals surface area (Å²) in [4.78, 5) is 10.4. The Morgan fingerprint density at radius 1 is 1.44 bits per heavy atom. The molecule has 0 aliphatic rings. The molecule has 0 saturated carbocycles. The minimum Gasteiger partial charge on any atom is -0.496 e. The van der Waals surface area contributed by atoms with Crippen molar-refractivity contribution in [2.75, 3.05) is 7.11 Å². The lowest BCUT2D eigenvalue weighted by molar-refractivity contribution is -0.131. The monoisotopic (exact) mass is 220 g/mol. The predicted octanol–water partition coefficient (Wildman–Crippen LogP) is 2.92. The summed E-state index contributed by atoms with van der Waals surface area (Å²) in [5.41, 5.74) is 1.94. The van der Waals surface area contributed by atoms with Crippen LogP contribution in [0, 0.1) is 0 Å². The van der Waals surface area contributed by atoms with E-state index in [9.17, 15) is 4.79 Å². The van der Waals surface area contributed by atoms with Gasteiger partial charge in [0, 0.05) is 6.08 Å². The molecular formula is C13H16O3. The number of benzene rings is 1. The number of carboxylic acid groups (broad SMARTS) is 1. The van der Waals surface area contributed by atoms with Crippen molar-refractivity contribution in [1.29, 1.82) is 0 Å². The highest BCUT2D eigenvalue weighted by Crippen LogP contribution is 2.27. The zero-order valence-electron chi connectivity index (χ0n) is 9.73. The number of hydrogen-bond donors (Lipinski definition) is 1. The Hall–Kier alpha value is -1.77. The van der Waals surface area contributed by atoms with Gasteiger partial charge >= 0.3 is 5.97 Å². The van der Waals surface area contributed by atoms with E-state index in [0.29, 0.717) is 5.92 Å². The van der Waals surface area contributed by atoms with Gasteiger partial charge in [-0.1, -0.05) is 26.0 Å². The van der Waals surface area contributed by atoms with Crippen LogP contribution < -0.4 is 4.74 Å². The minimum absolute atomic E-state index is 0.382. The standard InChI is InChI=1S/C13H16O3/c1-9(2)11-6-4-10(5-7-13(14)15)8-12(11)16-3/h4-9H,1-3H3,(H,14,15). The largest absolute Gasteiger partial charge is 0.496 e. The molecule has 86 valence electrons. The van der Waals surface area contributed by atoms with Crippen molar-refractivity contribution in [3.05, 3.63) is 35.4 Å². The molecule has 0 heterocycles. The van der Waals surface area contributed by atoms with Crippen molar-refractivity contribution in [1.82, 2.24) is 0 Å². The number of methoxy groups -OCH3 is 1. The fraction of sp³-hybridized carbons (Fsp3) is 0.308. The van der Waals surface area contributed by atoms with E-state index in [4.69, 9.17) is 9.84 Å². The first-order valence-electron chi connectivity index (χ1n) is 5.13. The Balaban J connectivity index is 3.04. The molecule has 1 aromatic rings. The van der Waals surface area contributed by atoms with Gasteiger partial charge < -0.3 is 9.84 Å². The highest BCUT2D eigenvalue weighted by atomic mass is 16.5. The third-order valence-electron chi connectivity index (χ3n) is 2.30. The van der Waals surface area contributed by atoms with Crippen LogP contribution in [0.4, 0.5) is 0 Å². The molecule has 0 bridgehead atoms. The molecule has 0 aliphatic carbocycles. The van der Waals surface area contributed by atoms with E-state index in [0.717, 1.165) is 23.0 Å². The van der Waals surface area contributed by atoms with Gasteiger partial charge in [-0.2, -0.15) is 0 Å². The van der Waals surface area contributed by atoms with Crippen molar-refractivity contribution in [2.24, 2.45) is 0 Å². The third-order valence-corrected chi connectivity index (χ3v) is 2.30. The number of carbonyl (C=O) groups is 1. The van der Waals surface area contributed by atoms with Crippen LogP contribution in [0.1, 0.15) is 30.9 Å². The van der Waals surface area contributed by atoms with Gasteiger partial charge in [-0.05, 0) is 29.2 Å². The first-order chi connectivity index (χ1) is 7.54. The average Bonchev–Trinajstić information content (AvgIpc) is 2.25. The molecule has 0 unspecified atom stereocenters. The first kappa shape index (κ1) is 12.3. The van der Waals surface area contributed by atoms with Gasteiger partial charge in [-0.15, -0.1) is 0 Å². The molecule has 0 spiro atoms. The van der Waals surface area contributed by atoms with E-state index in [-0.39, 0.29) is 0 Å². The number of ether oxygens (including phenoxy) is 1. The molecule has 0 atom stereocenters. The smallest absolute Gasteiger partial charge is 0.328 e. The summed E-state index contributed by atoms with van der Waals surface area (Å²) in [6, 6.07) is 5.69. The Labute approximate surface area is 95.4 Å². The van der Waals surface area contributed by atoms with E-state index in [1.807, 2.05) is 18.2 Å². The molecule has 16 heavy (non-hydrogen) atoms. The lowest BCUT2D eigenvalue weighted by Gasteiger charge is -2.12. The third kappa shape index (κ3) is 3.12. The van der Waals surface area contributed by atoms with E-state index in [1.165, 1.54) is 0 Å². The summed E-state index contributed by atoms with van der Waals surface area (Å²) in [6.07, 6.45) is 2.67. The van der Waals surface area contributed by atoms with Crippen LogP contribution in [0.3, 0.4) is 0 Å².